The molecule has 0 bridgehead atoms. The molecule has 2 atom stereocenters. The van der Waals surface area contributed by atoms with Crippen molar-refractivity contribution >= 4 is 28.3 Å². The Bertz CT molecular complexity index is 411. The quantitative estimate of drug-likeness (QED) is 0.830. The van der Waals surface area contributed by atoms with Crippen LogP contribution in [0.15, 0.2) is 16.4 Å². The third kappa shape index (κ3) is 2.00. The molecule has 1 aliphatic carbocycles. The first-order chi connectivity index (χ1) is 7.83. The molecular formula is C12H16N2S2. The summed E-state index contributed by atoms with van der Waals surface area (Å²) in [7, 11) is 0. The van der Waals surface area contributed by atoms with E-state index >= 15 is 0 Å². The molecule has 0 amide bonds. The fourth-order valence-electron chi connectivity index (χ4n) is 2.31. The highest BCUT2D eigenvalue weighted by Gasteiger charge is 2.23. The van der Waals surface area contributed by atoms with Crippen molar-refractivity contribution in [2.75, 3.05) is 5.75 Å². The molecule has 0 aromatic carbocycles. The van der Waals surface area contributed by atoms with Crippen LogP contribution in [0.3, 0.4) is 0 Å². The highest BCUT2D eigenvalue weighted by atomic mass is 32.2. The Balaban J connectivity index is 1.82. The third-order valence-corrected chi connectivity index (χ3v) is 5.29. The molecular weight excluding hydrogens is 236 g/mol. The standard InChI is InChI=1S/C12H16N2S2/c1-8-7-16-12(13-8)14-10-3-2-4-11-9(10)5-6-15-11/h5-6,8,10H,2-4,7H2,1H3,(H,13,14). The van der Waals surface area contributed by atoms with Crippen molar-refractivity contribution in [2.45, 2.75) is 38.3 Å². The Morgan fingerprint density at radius 2 is 2.44 bits per heavy atom. The van der Waals surface area contributed by atoms with Gasteiger partial charge in [0.1, 0.15) is 0 Å². The Morgan fingerprint density at radius 1 is 1.50 bits per heavy atom. The zero-order valence-electron chi connectivity index (χ0n) is 9.40. The fourth-order valence-corrected chi connectivity index (χ4v) is 4.27. The number of aryl methyl sites for hydroxylation is 1. The highest BCUT2D eigenvalue weighted by Crippen LogP contribution is 2.36. The van der Waals surface area contributed by atoms with E-state index in [2.05, 4.69) is 23.7 Å². The number of nitrogens with one attached hydrogen (secondary N) is 1. The number of aliphatic imine (C=N–C) groups is 1. The van der Waals surface area contributed by atoms with Gasteiger partial charge in [0.15, 0.2) is 5.17 Å². The van der Waals surface area contributed by atoms with Crippen molar-refractivity contribution < 1.29 is 0 Å². The fraction of sp³-hybridized carbons (Fsp3) is 0.583. The van der Waals surface area contributed by atoms with E-state index in [-0.39, 0.29) is 0 Å². The SMILES string of the molecule is CC1CSC(=NC2CCCc3sccc32)N1. The molecule has 1 N–H and O–H groups in total. The predicted molar refractivity (Wildman–Crippen MR) is 72.5 cm³/mol. The van der Waals surface area contributed by atoms with Gasteiger partial charge in [-0.1, -0.05) is 11.8 Å². The molecule has 2 nitrogen and oxygen atoms in total. The summed E-state index contributed by atoms with van der Waals surface area (Å²) in [6, 6.07) is 3.25. The Kier molecular flexibility index (Phi) is 2.94. The normalized spacial score (nSPS) is 31.4. The van der Waals surface area contributed by atoms with Crippen LogP contribution in [-0.4, -0.2) is 17.0 Å². The molecule has 86 valence electrons. The van der Waals surface area contributed by atoms with Gasteiger partial charge < -0.3 is 5.32 Å². The summed E-state index contributed by atoms with van der Waals surface area (Å²) in [5.41, 5.74) is 1.48. The van der Waals surface area contributed by atoms with E-state index in [0.29, 0.717) is 12.1 Å². The Hall–Kier alpha value is -0.480. The second kappa shape index (κ2) is 4.41. The number of fused-ring (bicyclic) bond motifs is 1. The lowest BCUT2D eigenvalue weighted by Gasteiger charge is -2.19. The minimum atomic E-state index is 0.412. The number of amidine groups is 1. The second-order valence-electron chi connectivity index (χ2n) is 4.50. The van der Waals surface area contributed by atoms with E-state index in [1.807, 2.05) is 23.1 Å². The van der Waals surface area contributed by atoms with Gasteiger partial charge in [-0.25, -0.2) is 0 Å². The molecule has 1 aromatic heterocycles. The van der Waals surface area contributed by atoms with Crippen molar-refractivity contribution in [3.8, 4) is 0 Å². The number of nitrogens with zero attached hydrogens (tertiary/aromatic N) is 1. The summed E-state index contributed by atoms with van der Waals surface area (Å²) < 4.78 is 0. The smallest absolute Gasteiger partial charge is 0.157 e. The molecule has 0 saturated carbocycles. The molecule has 2 aliphatic rings. The van der Waals surface area contributed by atoms with Crippen LogP contribution in [0.25, 0.3) is 0 Å². The average Bonchev–Trinajstić information content (AvgIpc) is 2.87. The molecule has 0 radical (unpaired) electrons. The molecule has 1 fully saturated rings. The molecule has 1 aromatic rings. The van der Waals surface area contributed by atoms with E-state index in [0.717, 1.165) is 10.9 Å². The van der Waals surface area contributed by atoms with Gasteiger partial charge in [0, 0.05) is 16.7 Å². The molecule has 1 aliphatic heterocycles. The first kappa shape index (κ1) is 10.7. The van der Waals surface area contributed by atoms with Crippen molar-refractivity contribution in [1.82, 2.24) is 5.32 Å². The summed E-state index contributed by atoms with van der Waals surface area (Å²) in [6.45, 7) is 2.21. The number of thioether (sulfide) groups is 1. The molecule has 1 saturated heterocycles. The summed E-state index contributed by atoms with van der Waals surface area (Å²) in [5, 5.41) is 6.80. The van der Waals surface area contributed by atoms with Crippen molar-refractivity contribution in [1.29, 1.82) is 0 Å². The lowest BCUT2D eigenvalue weighted by atomic mass is 9.95. The molecule has 4 heteroatoms. The van der Waals surface area contributed by atoms with Crippen molar-refractivity contribution in [3.63, 3.8) is 0 Å². The van der Waals surface area contributed by atoms with Crippen LogP contribution >= 0.6 is 23.1 Å². The van der Waals surface area contributed by atoms with Gasteiger partial charge in [0.05, 0.1) is 6.04 Å². The Labute approximate surface area is 105 Å². The predicted octanol–water partition coefficient (Wildman–Crippen LogP) is 3.21. The topological polar surface area (TPSA) is 24.4 Å². The van der Waals surface area contributed by atoms with E-state index < -0.39 is 0 Å². The molecule has 0 spiro atoms. The molecule has 2 heterocycles. The van der Waals surface area contributed by atoms with Crippen molar-refractivity contribution in [3.05, 3.63) is 21.9 Å². The van der Waals surface area contributed by atoms with Crippen LogP contribution in [0.2, 0.25) is 0 Å². The van der Waals surface area contributed by atoms with Crippen LogP contribution in [0.5, 0.6) is 0 Å². The Morgan fingerprint density at radius 3 is 3.25 bits per heavy atom. The van der Waals surface area contributed by atoms with Gasteiger partial charge in [-0.05, 0) is 43.2 Å². The average molecular weight is 252 g/mol. The van der Waals surface area contributed by atoms with E-state index in [9.17, 15) is 0 Å². The van der Waals surface area contributed by atoms with E-state index in [1.165, 1.54) is 24.8 Å². The van der Waals surface area contributed by atoms with E-state index in [4.69, 9.17) is 4.99 Å². The van der Waals surface area contributed by atoms with Crippen LogP contribution in [0.1, 0.15) is 36.2 Å². The van der Waals surface area contributed by atoms with Gasteiger partial charge in [0.2, 0.25) is 0 Å². The zero-order chi connectivity index (χ0) is 11.0. The van der Waals surface area contributed by atoms with Crippen LogP contribution < -0.4 is 5.32 Å². The summed E-state index contributed by atoms with van der Waals surface area (Å²) in [5.74, 6) is 1.15. The van der Waals surface area contributed by atoms with Gasteiger partial charge in [-0.3, -0.25) is 4.99 Å². The van der Waals surface area contributed by atoms with Gasteiger partial charge in [0.25, 0.3) is 0 Å². The number of hydrogen-bond donors (Lipinski definition) is 1. The lowest BCUT2D eigenvalue weighted by molar-refractivity contribution is 0.578. The second-order valence-corrected chi connectivity index (χ2v) is 6.51. The van der Waals surface area contributed by atoms with Crippen LogP contribution in [0.4, 0.5) is 0 Å². The van der Waals surface area contributed by atoms with E-state index in [1.54, 1.807) is 4.88 Å². The third-order valence-electron chi connectivity index (χ3n) is 3.13. The summed E-state index contributed by atoms with van der Waals surface area (Å²) in [4.78, 5) is 6.43. The number of thiophene rings is 1. The maximum atomic E-state index is 4.87. The largest absolute Gasteiger partial charge is 0.362 e. The maximum absolute atomic E-state index is 4.87. The molecule has 3 rings (SSSR count). The minimum Gasteiger partial charge on any atom is -0.362 e. The van der Waals surface area contributed by atoms with Gasteiger partial charge in [-0.2, -0.15) is 0 Å². The van der Waals surface area contributed by atoms with Crippen molar-refractivity contribution in [2.24, 2.45) is 4.99 Å². The zero-order valence-corrected chi connectivity index (χ0v) is 11.0. The summed E-state index contributed by atoms with van der Waals surface area (Å²) >= 11 is 3.75. The van der Waals surface area contributed by atoms with Gasteiger partial charge >= 0.3 is 0 Å². The van der Waals surface area contributed by atoms with Gasteiger partial charge in [-0.15, -0.1) is 11.3 Å². The van der Waals surface area contributed by atoms with Crippen LogP contribution in [0, 0.1) is 0 Å². The molecule has 2 unspecified atom stereocenters. The highest BCUT2D eigenvalue weighted by molar-refractivity contribution is 8.14. The number of hydrogen-bond acceptors (Lipinski definition) is 3. The first-order valence-corrected chi connectivity index (χ1v) is 7.73. The minimum absolute atomic E-state index is 0.412. The lowest BCUT2D eigenvalue weighted by Crippen LogP contribution is -2.24. The monoisotopic (exact) mass is 252 g/mol. The summed E-state index contributed by atoms with van der Waals surface area (Å²) in [6.07, 6.45) is 3.75. The number of rotatable bonds is 1. The van der Waals surface area contributed by atoms with Crippen LogP contribution in [-0.2, 0) is 6.42 Å². The maximum Gasteiger partial charge on any atom is 0.157 e. The first-order valence-electron chi connectivity index (χ1n) is 5.86. The molecule has 16 heavy (non-hydrogen) atoms.